The second-order valence-corrected chi connectivity index (χ2v) is 9.48. The van der Waals surface area contributed by atoms with Crippen LogP contribution in [0.15, 0.2) is 25.3 Å². The summed E-state index contributed by atoms with van der Waals surface area (Å²) < 4.78 is 11.9. The molecule has 8 N–H and O–H groups in total. The van der Waals surface area contributed by atoms with Crippen molar-refractivity contribution in [3.63, 3.8) is 0 Å². The first kappa shape index (κ1) is 37.8. The number of fused-ring (bicyclic) bond motifs is 2. The summed E-state index contributed by atoms with van der Waals surface area (Å²) in [5.41, 5.74) is -5.66. The number of nitrogens with zero attached hydrogens (tertiary/aromatic N) is 8. The number of carboxylic acid groups (broad SMARTS) is 2. The molecule has 0 unspecified atom stereocenters. The average Bonchev–Trinajstić information content (AvgIpc) is 3.75. The van der Waals surface area contributed by atoms with Gasteiger partial charge in [0.25, 0.3) is 0 Å². The van der Waals surface area contributed by atoms with E-state index in [-0.39, 0.29) is 81.4 Å². The number of aliphatic hydroxyl groups is 6. The van der Waals surface area contributed by atoms with Crippen molar-refractivity contribution in [3.05, 3.63) is 25.3 Å². The van der Waals surface area contributed by atoms with Gasteiger partial charge in [-0.2, -0.15) is 9.97 Å². The number of aromatic hydroxyl groups is 2. The van der Waals surface area contributed by atoms with Crippen LogP contribution in [0.25, 0.3) is 22.3 Å². The van der Waals surface area contributed by atoms with Crippen LogP contribution in [0.2, 0.25) is 0 Å². The van der Waals surface area contributed by atoms with E-state index in [0.717, 1.165) is 34.4 Å². The van der Waals surface area contributed by atoms with E-state index in [4.69, 9.17) is 19.7 Å². The Morgan fingerprint density at radius 2 is 1.04 bits per heavy atom. The zero-order valence-corrected chi connectivity index (χ0v) is 27.8. The van der Waals surface area contributed by atoms with Gasteiger partial charge in [0.1, 0.15) is 61.9 Å². The van der Waals surface area contributed by atoms with Gasteiger partial charge in [-0.3, -0.25) is 9.13 Å². The third-order valence-corrected chi connectivity index (χ3v) is 7.16. The molecule has 0 amide bonds. The van der Waals surface area contributed by atoms with Crippen LogP contribution in [0.3, 0.4) is 0 Å². The molecule has 24 heteroatoms. The number of aliphatic carboxylic acids is 2. The summed E-state index contributed by atoms with van der Waals surface area (Å²) in [5.74, 6) is -4.73. The van der Waals surface area contributed by atoms with E-state index in [2.05, 4.69) is 29.9 Å². The molecule has 4 aromatic rings. The fourth-order valence-electron chi connectivity index (χ4n) is 4.96. The molecular formula is C22H22N8Na2O14. The molecule has 0 aliphatic carbocycles. The SMILES string of the molecule is O=C([O-])[C@@]1(n2cnc3c(O)ncnc32)O[C@H](CO)[C@@H](O)[C@H]1O.O=C([O-])[C@@]1(n2cnc3c(O)ncnc32)O[C@H](CO)[C@@H](O)[C@H]1O.[Na+].[Na+]. The Labute approximate surface area is 299 Å². The van der Waals surface area contributed by atoms with Crippen LogP contribution in [0.1, 0.15) is 0 Å². The van der Waals surface area contributed by atoms with Crippen LogP contribution in [0, 0.1) is 0 Å². The van der Waals surface area contributed by atoms with Crippen molar-refractivity contribution in [2.75, 3.05) is 13.2 Å². The molecule has 22 nitrogen and oxygen atoms in total. The number of carboxylic acids is 2. The standard InChI is InChI=1S/2C11H12N4O7.2Na/c2*16-1-4-6(17)7(18)11(22-4,10(20)21)15-3-14-5-8(15)12-2-13-9(5)19;;/h2*2-4,6-7,16-18H,1H2,(H,20,21)(H,12,13,19);;/q;;2*+1/p-2/t2*4-,6-,7-,11+;;/m11../s1. The van der Waals surface area contributed by atoms with E-state index in [9.17, 15) is 50.4 Å². The van der Waals surface area contributed by atoms with Crippen LogP contribution >= 0.6 is 0 Å². The van der Waals surface area contributed by atoms with Gasteiger partial charge in [0.2, 0.25) is 23.2 Å². The van der Waals surface area contributed by atoms with Gasteiger partial charge in [-0.15, -0.1) is 0 Å². The Hall–Kier alpha value is -2.68. The number of rotatable bonds is 6. The molecule has 236 valence electrons. The minimum atomic E-state index is -2.55. The summed E-state index contributed by atoms with van der Waals surface area (Å²) in [6.07, 6.45) is -6.13. The first-order valence-electron chi connectivity index (χ1n) is 12.3. The van der Waals surface area contributed by atoms with Gasteiger partial charge in [0.05, 0.1) is 25.2 Å². The van der Waals surface area contributed by atoms with Crippen LogP contribution < -0.4 is 69.3 Å². The Bertz CT molecular complexity index is 1600. The number of aliphatic hydroxyl groups excluding tert-OH is 6. The van der Waals surface area contributed by atoms with E-state index >= 15 is 0 Å². The van der Waals surface area contributed by atoms with E-state index < -0.39 is 85.0 Å². The van der Waals surface area contributed by atoms with Gasteiger partial charge in [0, 0.05) is 0 Å². The number of aromatic nitrogens is 8. The van der Waals surface area contributed by atoms with Gasteiger partial charge in [0.15, 0.2) is 22.3 Å². The molecular weight excluding hydrogens is 646 g/mol. The number of imidazole rings is 2. The number of carbonyl (C=O) groups excluding carboxylic acids is 2. The summed E-state index contributed by atoms with van der Waals surface area (Å²) in [5, 5.41) is 101. The second kappa shape index (κ2) is 14.2. The van der Waals surface area contributed by atoms with E-state index in [1.807, 2.05) is 0 Å². The maximum Gasteiger partial charge on any atom is 1.00 e. The number of carbonyl (C=O) groups is 2. The van der Waals surface area contributed by atoms with Crippen molar-refractivity contribution in [1.82, 2.24) is 39.0 Å². The van der Waals surface area contributed by atoms with Crippen LogP contribution in [0.4, 0.5) is 0 Å². The quantitative estimate of drug-likeness (QED) is 0.0884. The van der Waals surface area contributed by atoms with Gasteiger partial charge >= 0.3 is 59.1 Å². The van der Waals surface area contributed by atoms with Gasteiger partial charge in [-0.1, -0.05) is 0 Å². The van der Waals surface area contributed by atoms with Gasteiger partial charge in [-0.05, 0) is 0 Å². The molecule has 2 fully saturated rings. The molecule has 46 heavy (non-hydrogen) atoms. The van der Waals surface area contributed by atoms with Crippen LogP contribution in [0.5, 0.6) is 11.8 Å². The molecule has 0 aromatic carbocycles. The van der Waals surface area contributed by atoms with Crippen LogP contribution in [-0.4, -0.2) is 142 Å². The predicted octanol–water partition coefficient (Wildman–Crippen LogP) is -13.9. The Balaban J connectivity index is 0.000000240. The van der Waals surface area contributed by atoms with Gasteiger partial charge in [-0.25, -0.2) is 19.9 Å². The Kier molecular flexibility index (Phi) is 11.7. The van der Waals surface area contributed by atoms with E-state index in [0.29, 0.717) is 0 Å². The van der Waals surface area contributed by atoms with Crippen molar-refractivity contribution in [2.24, 2.45) is 0 Å². The fourth-order valence-corrected chi connectivity index (χ4v) is 4.96. The molecule has 0 saturated carbocycles. The Morgan fingerprint density at radius 1 is 0.696 bits per heavy atom. The largest absolute Gasteiger partial charge is 1.00 e. The van der Waals surface area contributed by atoms with Crippen LogP contribution in [-0.2, 0) is 30.5 Å². The molecule has 6 heterocycles. The molecule has 2 saturated heterocycles. The second-order valence-electron chi connectivity index (χ2n) is 9.48. The summed E-state index contributed by atoms with van der Waals surface area (Å²) in [4.78, 5) is 45.3. The van der Waals surface area contributed by atoms with Crippen molar-refractivity contribution in [2.45, 2.75) is 48.1 Å². The number of hydrogen-bond donors (Lipinski definition) is 8. The minimum absolute atomic E-state index is 0. The fraction of sp³-hybridized carbons (Fsp3) is 0.455. The molecule has 4 aromatic heterocycles. The molecule has 2 aliphatic rings. The average molecular weight is 668 g/mol. The van der Waals surface area contributed by atoms with E-state index in [1.165, 1.54) is 0 Å². The molecule has 2 aliphatic heterocycles. The maximum atomic E-state index is 11.6. The van der Waals surface area contributed by atoms with Crippen molar-refractivity contribution in [3.8, 4) is 11.8 Å². The predicted molar refractivity (Wildman–Crippen MR) is 128 cm³/mol. The normalized spacial score (nSPS) is 30.3. The first-order valence-corrected chi connectivity index (χ1v) is 12.3. The van der Waals surface area contributed by atoms with Crippen molar-refractivity contribution < 1.29 is 129 Å². The zero-order valence-electron chi connectivity index (χ0n) is 23.8. The maximum absolute atomic E-state index is 11.6. The number of hydrogen-bond acceptors (Lipinski definition) is 20. The van der Waals surface area contributed by atoms with Gasteiger partial charge < -0.3 is 70.1 Å². The summed E-state index contributed by atoms with van der Waals surface area (Å²) >= 11 is 0. The molecule has 0 radical (unpaired) electrons. The van der Waals surface area contributed by atoms with E-state index in [1.54, 1.807) is 0 Å². The monoisotopic (exact) mass is 668 g/mol. The Morgan fingerprint density at radius 3 is 1.33 bits per heavy atom. The molecule has 0 bridgehead atoms. The number of ether oxygens (including phenoxy) is 2. The molecule has 8 atom stereocenters. The summed E-state index contributed by atoms with van der Waals surface area (Å²) in [6, 6.07) is 0. The van der Waals surface area contributed by atoms with Crippen molar-refractivity contribution in [1.29, 1.82) is 0 Å². The summed E-state index contributed by atoms with van der Waals surface area (Å²) in [7, 11) is 0. The molecule has 0 spiro atoms. The third-order valence-electron chi connectivity index (χ3n) is 7.16. The summed E-state index contributed by atoms with van der Waals surface area (Å²) in [6.45, 7) is -1.44. The minimum Gasteiger partial charge on any atom is -0.545 e. The first-order chi connectivity index (χ1) is 20.9. The third kappa shape index (κ3) is 5.62. The van der Waals surface area contributed by atoms with Crippen molar-refractivity contribution >= 4 is 34.3 Å². The topological polar surface area (TPSA) is 348 Å². The molecule has 6 rings (SSSR count). The smallest absolute Gasteiger partial charge is 0.545 e. The zero-order chi connectivity index (χ0) is 32.1.